The number of fused-ring (bicyclic) bond motifs is 1. The third-order valence-corrected chi connectivity index (χ3v) is 4.68. The third-order valence-electron chi connectivity index (χ3n) is 3.92. The van der Waals surface area contributed by atoms with Crippen molar-refractivity contribution in [3.05, 3.63) is 28.0 Å². The summed E-state index contributed by atoms with van der Waals surface area (Å²) in [7, 11) is 0. The van der Waals surface area contributed by atoms with Gasteiger partial charge in [0.05, 0.1) is 12.1 Å². The molecular formula is C16H21N7OS. The number of carbonyl (C=O) groups excluding carboxylic acids is 1. The number of amides is 1. The van der Waals surface area contributed by atoms with E-state index in [1.807, 2.05) is 19.2 Å². The van der Waals surface area contributed by atoms with Crippen LogP contribution in [0.5, 0.6) is 0 Å². The van der Waals surface area contributed by atoms with Gasteiger partial charge in [-0.3, -0.25) is 4.79 Å². The minimum Gasteiger partial charge on any atom is -0.366 e. The summed E-state index contributed by atoms with van der Waals surface area (Å²) in [4.78, 5) is 25.4. The number of aromatic nitrogens is 5. The second kappa shape index (κ2) is 6.07. The Kier molecular flexibility index (Phi) is 4.19. The molecule has 3 aromatic rings. The molecule has 3 heterocycles. The van der Waals surface area contributed by atoms with Crippen molar-refractivity contribution in [3.8, 4) is 0 Å². The van der Waals surface area contributed by atoms with Crippen LogP contribution >= 0.6 is 11.3 Å². The Morgan fingerprint density at radius 2 is 2.00 bits per heavy atom. The Bertz CT molecular complexity index is 951. The molecule has 0 saturated heterocycles. The Balaban J connectivity index is 1.81. The first-order valence-corrected chi connectivity index (χ1v) is 8.77. The molecule has 0 aliphatic rings. The van der Waals surface area contributed by atoms with E-state index in [0.717, 1.165) is 22.6 Å². The molecular weight excluding hydrogens is 338 g/mol. The molecule has 0 spiro atoms. The highest BCUT2D eigenvalue weighted by Gasteiger charge is 2.19. The zero-order valence-electron chi connectivity index (χ0n) is 14.9. The number of nitrogens with two attached hydrogens (primary N) is 1. The molecule has 0 fully saturated rings. The summed E-state index contributed by atoms with van der Waals surface area (Å²) in [6, 6.07) is 0. The first kappa shape index (κ1) is 17.3. The van der Waals surface area contributed by atoms with Crippen LogP contribution in [-0.4, -0.2) is 30.5 Å². The van der Waals surface area contributed by atoms with Crippen molar-refractivity contribution in [3.63, 3.8) is 0 Å². The number of nitrogens with one attached hydrogen (secondary N) is 1. The standard InChI is InChI=1S/C16H21N7OS/c1-8-10(9(2)23-14(18-8)21-13(17)22-23)6-12(24)20-15-19-11(7-25-15)16(3,4)5/h7H,6H2,1-5H3,(H2,17,22)(H,19,20,24). The summed E-state index contributed by atoms with van der Waals surface area (Å²) in [6.45, 7) is 9.99. The molecule has 0 atom stereocenters. The lowest BCUT2D eigenvalue weighted by atomic mass is 9.93. The van der Waals surface area contributed by atoms with Crippen LogP contribution in [0.2, 0.25) is 0 Å². The van der Waals surface area contributed by atoms with Crippen molar-refractivity contribution in [1.29, 1.82) is 0 Å². The number of hydrogen-bond donors (Lipinski definition) is 2. The topological polar surface area (TPSA) is 111 Å². The van der Waals surface area contributed by atoms with Gasteiger partial charge in [-0.1, -0.05) is 20.8 Å². The van der Waals surface area contributed by atoms with Crippen molar-refractivity contribution in [1.82, 2.24) is 24.6 Å². The van der Waals surface area contributed by atoms with Crippen LogP contribution in [0.4, 0.5) is 11.1 Å². The van der Waals surface area contributed by atoms with Crippen molar-refractivity contribution in [2.45, 2.75) is 46.5 Å². The Morgan fingerprint density at radius 1 is 1.28 bits per heavy atom. The molecule has 0 aromatic carbocycles. The van der Waals surface area contributed by atoms with Gasteiger partial charge in [0.15, 0.2) is 5.13 Å². The molecule has 9 heteroatoms. The number of hydrogen-bond acceptors (Lipinski definition) is 7. The first-order chi connectivity index (χ1) is 11.6. The predicted octanol–water partition coefficient (Wildman–Crippen LogP) is 2.26. The second-order valence-electron chi connectivity index (χ2n) is 6.96. The van der Waals surface area contributed by atoms with Crippen molar-refractivity contribution >= 4 is 34.1 Å². The molecule has 8 nitrogen and oxygen atoms in total. The number of anilines is 2. The molecule has 132 valence electrons. The van der Waals surface area contributed by atoms with Crippen LogP contribution in [0, 0.1) is 13.8 Å². The number of nitrogen functional groups attached to an aromatic ring is 1. The second-order valence-corrected chi connectivity index (χ2v) is 7.81. The van der Waals surface area contributed by atoms with E-state index in [2.05, 4.69) is 46.1 Å². The molecule has 0 aliphatic carbocycles. The molecule has 0 bridgehead atoms. The SMILES string of the molecule is Cc1nc2nc(N)nn2c(C)c1CC(=O)Nc1nc(C(C)(C)C)cs1. The first-order valence-electron chi connectivity index (χ1n) is 7.89. The average molecular weight is 359 g/mol. The Morgan fingerprint density at radius 3 is 2.64 bits per heavy atom. The van der Waals surface area contributed by atoms with Crippen LogP contribution in [0.15, 0.2) is 5.38 Å². The van der Waals surface area contributed by atoms with Crippen molar-refractivity contribution in [2.24, 2.45) is 0 Å². The largest absolute Gasteiger partial charge is 0.366 e. The van der Waals surface area contributed by atoms with Gasteiger partial charge < -0.3 is 11.1 Å². The fraction of sp³-hybridized carbons (Fsp3) is 0.438. The molecule has 25 heavy (non-hydrogen) atoms. The van der Waals surface area contributed by atoms with Crippen molar-refractivity contribution < 1.29 is 4.79 Å². The van der Waals surface area contributed by atoms with Crippen LogP contribution in [0.3, 0.4) is 0 Å². The maximum Gasteiger partial charge on any atom is 0.254 e. The van der Waals surface area contributed by atoms with E-state index in [1.165, 1.54) is 11.3 Å². The van der Waals surface area contributed by atoms with Crippen LogP contribution < -0.4 is 11.1 Å². The van der Waals surface area contributed by atoms with Crippen LogP contribution in [0.1, 0.15) is 43.4 Å². The molecule has 1 amide bonds. The van der Waals surface area contributed by atoms with Crippen LogP contribution in [0.25, 0.3) is 5.78 Å². The molecule has 0 aliphatic heterocycles. The lowest BCUT2D eigenvalue weighted by Crippen LogP contribution is -2.18. The molecule has 0 radical (unpaired) electrons. The summed E-state index contributed by atoms with van der Waals surface area (Å²) >= 11 is 1.43. The summed E-state index contributed by atoms with van der Waals surface area (Å²) < 4.78 is 1.56. The van der Waals surface area contributed by atoms with Gasteiger partial charge in [-0.2, -0.15) is 9.50 Å². The number of aryl methyl sites for hydroxylation is 2. The lowest BCUT2D eigenvalue weighted by molar-refractivity contribution is -0.115. The number of carbonyl (C=O) groups is 1. The number of thiazole rings is 1. The highest BCUT2D eigenvalue weighted by molar-refractivity contribution is 7.13. The van der Waals surface area contributed by atoms with E-state index in [9.17, 15) is 4.79 Å². The predicted molar refractivity (Wildman–Crippen MR) is 97.8 cm³/mol. The van der Waals surface area contributed by atoms with Gasteiger partial charge in [0.1, 0.15) is 0 Å². The zero-order chi connectivity index (χ0) is 18.4. The summed E-state index contributed by atoms with van der Waals surface area (Å²) in [5, 5.41) is 9.55. The van der Waals surface area contributed by atoms with E-state index in [0.29, 0.717) is 10.9 Å². The minimum absolute atomic E-state index is 0.0470. The Labute approximate surface area is 149 Å². The monoisotopic (exact) mass is 359 g/mol. The normalized spacial score (nSPS) is 11.9. The van der Waals surface area contributed by atoms with Gasteiger partial charge in [0, 0.05) is 27.7 Å². The molecule has 0 saturated carbocycles. The summed E-state index contributed by atoms with van der Waals surface area (Å²) in [6.07, 6.45) is 0.185. The van der Waals surface area contributed by atoms with E-state index < -0.39 is 0 Å². The fourth-order valence-corrected chi connectivity index (χ4v) is 3.43. The number of rotatable bonds is 3. The summed E-state index contributed by atoms with van der Waals surface area (Å²) in [5.41, 5.74) is 8.89. The van der Waals surface area contributed by atoms with Crippen LogP contribution in [-0.2, 0) is 16.6 Å². The van der Waals surface area contributed by atoms with E-state index >= 15 is 0 Å². The van der Waals surface area contributed by atoms with E-state index in [-0.39, 0.29) is 23.7 Å². The van der Waals surface area contributed by atoms with Gasteiger partial charge >= 0.3 is 0 Å². The van der Waals surface area contributed by atoms with Gasteiger partial charge in [-0.05, 0) is 13.8 Å². The minimum atomic E-state index is -0.143. The smallest absolute Gasteiger partial charge is 0.254 e. The fourth-order valence-electron chi connectivity index (χ4n) is 2.48. The highest BCUT2D eigenvalue weighted by atomic mass is 32.1. The van der Waals surface area contributed by atoms with Crippen molar-refractivity contribution in [2.75, 3.05) is 11.1 Å². The highest BCUT2D eigenvalue weighted by Crippen LogP contribution is 2.26. The van der Waals surface area contributed by atoms with E-state index in [1.54, 1.807) is 4.52 Å². The average Bonchev–Trinajstić information content (AvgIpc) is 3.09. The van der Waals surface area contributed by atoms with Gasteiger partial charge in [0.25, 0.3) is 5.78 Å². The lowest BCUT2D eigenvalue weighted by Gasteiger charge is -2.14. The molecule has 3 rings (SSSR count). The van der Waals surface area contributed by atoms with Gasteiger partial charge in [-0.25, -0.2) is 9.97 Å². The number of nitrogens with zero attached hydrogens (tertiary/aromatic N) is 5. The molecule has 0 unspecified atom stereocenters. The van der Waals surface area contributed by atoms with Gasteiger partial charge in [0.2, 0.25) is 11.9 Å². The molecule has 3 N–H and O–H groups in total. The molecule has 3 aromatic heterocycles. The quantitative estimate of drug-likeness (QED) is 0.742. The van der Waals surface area contributed by atoms with Gasteiger partial charge in [-0.15, -0.1) is 16.4 Å². The zero-order valence-corrected chi connectivity index (χ0v) is 15.7. The third kappa shape index (κ3) is 3.46. The summed E-state index contributed by atoms with van der Waals surface area (Å²) in [5.74, 6) is 0.454. The van der Waals surface area contributed by atoms with E-state index in [4.69, 9.17) is 5.73 Å². The maximum absolute atomic E-state index is 12.4. The Hall–Kier alpha value is -2.55. The maximum atomic E-state index is 12.4.